The lowest BCUT2D eigenvalue weighted by Gasteiger charge is -2.19. The van der Waals surface area contributed by atoms with Crippen LogP contribution in [0.3, 0.4) is 0 Å². The van der Waals surface area contributed by atoms with E-state index in [-0.39, 0.29) is 17.9 Å². The van der Waals surface area contributed by atoms with Crippen molar-refractivity contribution in [1.82, 2.24) is 14.8 Å². The maximum atomic E-state index is 12.6. The van der Waals surface area contributed by atoms with E-state index < -0.39 is 6.10 Å². The number of benzene rings is 2. The first-order chi connectivity index (χ1) is 17.3. The minimum Gasteiger partial charge on any atom is -0.486 e. The molecule has 2 aliphatic rings. The first-order valence-corrected chi connectivity index (χ1v) is 12.7. The quantitative estimate of drug-likeness (QED) is 0.330. The molecule has 0 N–H and O–H groups in total. The first kappa shape index (κ1) is 24.0. The number of hydrogen-bond donors (Lipinski definition) is 0. The molecular weight excluding hydrogens is 474 g/mol. The van der Waals surface area contributed by atoms with E-state index in [1.807, 2.05) is 41.0 Å². The number of rotatable bonds is 8. The molecule has 0 fully saturated rings. The smallest absolute Gasteiger partial charge is 0.294 e. The number of aromatic nitrogens is 3. The van der Waals surface area contributed by atoms with Crippen LogP contribution < -0.4 is 9.47 Å². The number of aliphatic imine (C=N–C) groups is 2. The van der Waals surface area contributed by atoms with Crippen molar-refractivity contribution in [2.45, 2.75) is 50.6 Å². The molecule has 2 aromatic carbocycles. The number of amides is 1. The predicted molar refractivity (Wildman–Crippen MR) is 140 cm³/mol. The second-order valence-corrected chi connectivity index (χ2v) is 10.4. The van der Waals surface area contributed by atoms with Crippen LogP contribution in [0.1, 0.15) is 37.7 Å². The number of para-hydroxylation sites is 1. The van der Waals surface area contributed by atoms with E-state index in [1.165, 1.54) is 17.3 Å². The van der Waals surface area contributed by atoms with E-state index in [0.29, 0.717) is 40.6 Å². The Balaban J connectivity index is 1.27. The Morgan fingerprint density at radius 2 is 1.89 bits per heavy atom. The monoisotopic (exact) mass is 501 g/mol. The maximum Gasteiger partial charge on any atom is 0.294 e. The zero-order valence-electron chi connectivity index (χ0n) is 20.5. The van der Waals surface area contributed by atoms with E-state index >= 15 is 0 Å². The fourth-order valence-corrected chi connectivity index (χ4v) is 4.80. The van der Waals surface area contributed by atoms with Crippen LogP contribution in [0.25, 0.3) is 0 Å². The van der Waals surface area contributed by atoms with Gasteiger partial charge >= 0.3 is 0 Å². The summed E-state index contributed by atoms with van der Waals surface area (Å²) in [5, 5.41) is 9.34. The Morgan fingerprint density at radius 1 is 1.11 bits per heavy atom. The van der Waals surface area contributed by atoms with Gasteiger partial charge in [0.1, 0.15) is 29.7 Å². The molecule has 2 aliphatic heterocycles. The summed E-state index contributed by atoms with van der Waals surface area (Å²) in [6.07, 6.45) is 1.02. The molecule has 0 bridgehead atoms. The van der Waals surface area contributed by atoms with Gasteiger partial charge in [0.2, 0.25) is 6.10 Å². The number of amidine groups is 1. The Bertz CT molecular complexity index is 1370. The molecule has 9 heteroatoms. The predicted octanol–water partition coefficient (Wildman–Crippen LogP) is 4.62. The summed E-state index contributed by atoms with van der Waals surface area (Å²) in [5.74, 6) is 2.57. The van der Waals surface area contributed by atoms with Crippen LogP contribution in [0.4, 0.5) is 0 Å². The van der Waals surface area contributed by atoms with Crippen LogP contribution in [0.2, 0.25) is 0 Å². The van der Waals surface area contributed by atoms with E-state index in [1.54, 1.807) is 6.08 Å². The van der Waals surface area contributed by atoms with Crippen molar-refractivity contribution in [3.05, 3.63) is 78.1 Å². The highest BCUT2D eigenvalue weighted by molar-refractivity contribution is 7.99. The van der Waals surface area contributed by atoms with Crippen molar-refractivity contribution >= 4 is 29.2 Å². The number of carbonyl (C=O) groups excluding carboxylic acids is 1. The van der Waals surface area contributed by atoms with Gasteiger partial charge in [0, 0.05) is 12.1 Å². The third-order valence-corrected chi connectivity index (χ3v) is 6.86. The zero-order chi connectivity index (χ0) is 25.3. The van der Waals surface area contributed by atoms with Crippen LogP contribution >= 0.6 is 11.8 Å². The number of ether oxygens (including phenoxy) is 2. The standard InChI is InChI=1S/C27H27N5O3S/c1-5-14-32-22(15-34-18-12-10-17(11-13-18)27(2,3)4)30-31-26(32)36-16-21-28-23-19-8-6-7-9-20(19)35-24(23)25(33)29-21/h5-13,24H,1,14-16H2,2-4H3. The van der Waals surface area contributed by atoms with Crippen molar-refractivity contribution < 1.29 is 14.3 Å². The van der Waals surface area contributed by atoms with E-state index in [0.717, 1.165) is 11.3 Å². The Kier molecular flexibility index (Phi) is 6.49. The van der Waals surface area contributed by atoms with Crippen molar-refractivity contribution in [2.24, 2.45) is 9.98 Å². The molecule has 3 aromatic rings. The molecule has 1 aromatic heterocycles. The van der Waals surface area contributed by atoms with Gasteiger partial charge in [-0.15, -0.1) is 16.8 Å². The molecular formula is C27H27N5O3S. The number of thioether (sulfide) groups is 1. The van der Waals surface area contributed by atoms with Crippen molar-refractivity contribution in [1.29, 1.82) is 0 Å². The molecule has 0 saturated heterocycles. The number of carbonyl (C=O) groups is 1. The summed E-state index contributed by atoms with van der Waals surface area (Å²) in [4.78, 5) is 21.3. The Morgan fingerprint density at radius 3 is 2.64 bits per heavy atom. The average molecular weight is 502 g/mol. The molecule has 36 heavy (non-hydrogen) atoms. The van der Waals surface area contributed by atoms with Gasteiger partial charge < -0.3 is 9.47 Å². The van der Waals surface area contributed by atoms with Gasteiger partial charge in [0.25, 0.3) is 5.91 Å². The van der Waals surface area contributed by atoms with Gasteiger partial charge in [0.15, 0.2) is 11.0 Å². The molecule has 184 valence electrons. The molecule has 0 radical (unpaired) electrons. The number of hydrogen-bond acceptors (Lipinski definition) is 7. The van der Waals surface area contributed by atoms with Crippen LogP contribution in [-0.4, -0.2) is 44.1 Å². The summed E-state index contributed by atoms with van der Waals surface area (Å²) < 4.78 is 13.6. The summed E-state index contributed by atoms with van der Waals surface area (Å²) >= 11 is 1.41. The van der Waals surface area contributed by atoms with Crippen LogP contribution in [0.15, 0.2) is 76.3 Å². The minimum absolute atomic E-state index is 0.0852. The van der Waals surface area contributed by atoms with Crippen molar-refractivity contribution in [3.63, 3.8) is 0 Å². The summed E-state index contributed by atoms with van der Waals surface area (Å²) in [6, 6.07) is 15.6. The van der Waals surface area contributed by atoms with Gasteiger partial charge in [-0.05, 0) is 35.2 Å². The number of allylic oxidation sites excluding steroid dienone is 1. The molecule has 0 saturated carbocycles. The summed E-state index contributed by atoms with van der Waals surface area (Å²) in [5.41, 5.74) is 2.77. The third kappa shape index (κ3) is 4.83. The molecule has 1 amide bonds. The van der Waals surface area contributed by atoms with Gasteiger partial charge in [-0.1, -0.05) is 62.9 Å². The highest BCUT2D eigenvalue weighted by Gasteiger charge is 2.38. The maximum absolute atomic E-state index is 12.6. The lowest BCUT2D eigenvalue weighted by molar-refractivity contribution is -0.121. The fourth-order valence-electron chi connectivity index (χ4n) is 3.98. The highest BCUT2D eigenvalue weighted by Crippen LogP contribution is 2.32. The zero-order valence-corrected chi connectivity index (χ0v) is 21.3. The van der Waals surface area contributed by atoms with Gasteiger partial charge in [-0.25, -0.2) is 4.99 Å². The molecule has 1 atom stereocenters. The third-order valence-electron chi connectivity index (χ3n) is 5.89. The van der Waals surface area contributed by atoms with E-state index in [9.17, 15) is 4.79 Å². The molecule has 1 unspecified atom stereocenters. The molecule has 8 nitrogen and oxygen atoms in total. The van der Waals surface area contributed by atoms with E-state index in [4.69, 9.17) is 9.47 Å². The van der Waals surface area contributed by atoms with Crippen molar-refractivity contribution in [3.8, 4) is 11.5 Å². The van der Waals surface area contributed by atoms with Crippen LogP contribution in [0.5, 0.6) is 11.5 Å². The van der Waals surface area contributed by atoms with E-state index in [2.05, 4.69) is 59.7 Å². The number of fused-ring (bicyclic) bond motifs is 3. The second kappa shape index (κ2) is 9.73. The molecule has 5 rings (SSSR count). The SMILES string of the molecule is C=CCn1c(COc2ccc(C(C)(C)C)cc2)nnc1SCC1=NC(=O)C2Oc3ccccc3C2=N1. The van der Waals surface area contributed by atoms with Gasteiger partial charge in [-0.2, -0.15) is 4.99 Å². The molecule has 0 spiro atoms. The largest absolute Gasteiger partial charge is 0.486 e. The topological polar surface area (TPSA) is 91.0 Å². The average Bonchev–Trinajstić information content (AvgIpc) is 3.43. The Hall–Kier alpha value is -3.72. The normalized spacial score (nSPS) is 16.5. The highest BCUT2D eigenvalue weighted by atomic mass is 32.2. The lowest BCUT2D eigenvalue weighted by atomic mass is 9.87. The Labute approximate surface area is 214 Å². The first-order valence-electron chi connectivity index (χ1n) is 11.7. The van der Waals surface area contributed by atoms with Gasteiger partial charge in [-0.3, -0.25) is 9.36 Å². The fraction of sp³-hybridized carbons (Fsp3) is 0.296. The number of nitrogens with zero attached hydrogens (tertiary/aromatic N) is 5. The van der Waals surface area contributed by atoms with Crippen LogP contribution in [-0.2, 0) is 23.4 Å². The summed E-state index contributed by atoms with van der Waals surface area (Å²) in [7, 11) is 0. The second-order valence-electron chi connectivity index (χ2n) is 9.51. The van der Waals surface area contributed by atoms with Crippen LogP contribution in [0, 0.1) is 0 Å². The van der Waals surface area contributed by atoms with Crippen molar-refractivity contribution in [2.75, 3.05) is 5.75 Å². The summed E-state index contributed by atoms with van der Waals surface area (Å²) in [6.45, 7) is 11.2. The van der Waals surface area contributed by atoms with Gasteiger partial charge in [0.05, 0.1) is 5.75 Å². The molecule has 0 aliphatic carbocycles. The minimum atomic E-state index is -0.762. The lowest BCUT2D eigenvalue weighted by Crippen LogP contribution is -2.35. The molecule has 3 heterocycles.